The minimum Gasteiger partial charge on any atom is -0.495 e. The zero-order valence-electron chi connectivity index (χ0n) is 18.3. The highest BCUT2D eigenvalue weighted by Crippen LogP contribution is 2.38. The molecule has 2 aromatic carbocycles. The summed E-state index contributed by atoms with van der Waals surface area (Å²) < 4.78 is 18.8. The van der Waals surface area contributed by atoms with E-state index in [2.05, 4.69) is 11.9 Å². The molecule has 0 radical (unpaired) electrons. The minimum atomic E-state index is -0.461. The van der Waals surface area contributed by atoms with Gasteiger partial charge in [0.25, 0.3) is 11.8 Å². The summed E-state index contributed by atoms with van der Waals surface area (Å²) in [5, 5.41) is 0.297. The van der Waals surface area contributed by atoms with Crippen molar-refractivity contribution in [3.63, 3.8) is 0 Å². The maximum Gasteiger partial charge on any atom is 0.282 e. The van der Waals surface area contributed by atoms with Crippen molar-refractivity contribution in [1.82, 2.24) is 9.80 Å². The third kappa shape index (κ3) is 3.98. The van der Waals surface area contributed by atoms with Crippen LogP contribution in [0.15, 0.2) is 48.2 Å². The van der Waals surface area contributed by atoms with E-state index in [1.807, 2.05) is 11.9 Å². The molecule has 0 spiro atoms. The number of imide groups is 1. The van der Waals surface area contributed by atoms with Crippen LogP contribution in [-0.4, -0.2) is 62.0 Å². The van der Waals surface area contributed by atoms with Crippen molar-refractivity contribution in [2.75, 3.05) is 39.2 Å². The van der Waals surface area contributed by atoms with Gasteiger partial charge in [-0.2, -0.15) is 0 Å². The number of carbonyl (C=O) groups is 2. The van der Waals surface area contributed by atoms with Crippen molar-refractivity contribution in [3.05, 3.63) is 64.6 Å². The molecule has 1 fully saturated rings. The predicted molar refractivity (Wildman–Crippen MR) is 122 cm³/mol. The fourth-order valence-electron chi connectivity index (χ4n) is 4.32. The van der Waals surface area contributed by atoms with Crippen molar-refractivity contribution < 1.29 is 18.7 Å². The molecule has 168 valence electrons. The lowest BCUT2D eigenvalue weighted by atomic mass is 10.00. The first kappa shape index (κ1) is 22.3. The van der Waals surface area contributed by atoms with Gasteiger partial charge in [-0.3, -0.25) is 9.59 Å². The smallest absolute Gasteiger partial charge is 0.282 e. The summed E-state index contributed by atoms with van der Waals surface area (Å²) in [5.41, 5.74) is 1.45. The van der Waals surface area contributed by atoms with Gasteiger partial charge in [0.2, 0.25) is 0 Å². The summed E-state index contributed by atoms with van der Waals surface area (Å²) in [6, 6.07) is 10.5. The lowest BCUT2D eigenvalue weighted by Crippen LogP contribution is -2.43. The SMILES string of the molecule is COc1ccc(N2C(=O)C(c3ccc(F)cc3)=C(N(C)C3CCN(C)CC3)C2=O)cc1Cl. The summed E-state index contributed by atoms with van der Waals surface area (Å²) in [5.74, 6) is -0.838. The van der Waals surface area contributed by atoms with Crippen LogP contribution in [0, 0.1) is 5.82 Å². The molecule has 2 amide bonds. The fraction of sp³-hybridized carbons (Fsp3) is 0.333. The van der Waals surface area contributed by atoms with Crippen LogP contribution in [0.1, 0.15) is 18.4 Å². The first-order valence-corrected chi connectivity index (χ1v) is 10.8. The van der Waals surface area contributed by atoms with Gasteiger partial charge in [-0.25, -0.2) is 9.29 Å². The van der Waals surface area contributed by atoms with Crippen LogP contribution >= 0.6 is 11.6 Å². The van der Waals surface area contributed by atoms with Crippen molar-refractivity contribution in [2.45, 2.75) is 18.9 Å². The van der Waals surface area contributed by atoms with Crippen LogP contribution in [0.3, 0.4) is 0 Å². The summed E-state index contributed by atoms with van der Waals surface area (Å²) in [7, 11) is 5.42. The highest BCUT2D eigenvalue weighted by molar-refractivity contribution is 6.45. The van der Waals surface area contributed by atoms with E-state index in [4.69, 9.17) is 16.3 Å². The van der Waals surface area contributed by atoms with Gasteiger partial charge in [-0.1, -0.05) is 23.7 Å². The number of anilines is 1. The van der Waals surface area contributed by atoms with Crippen LogP contribution in [0.25, 0.3) is 5.57 Å². The summed E-state index contributed by atoms with van der Waals surface area (Å²) in [4.78, 5) is 32.5. The van der Waals surface area contributed by atoms with Gasteiger partial charge >= 0.3 is 0 Å². The van der Waals surface area contributed by atoms with E-state index in [1.54, 1.807) is 12.1 Å². The third-order valence-electron chi connectivity index (χ3n) is 6.17. The molecule has 2 aliphatic rings. The number of hydrogen-bond donors (Lipinski definition) is 0. The molecule has 4 rings (SSSR count). The Morgan fingerprint density at radius 2 is 1.72 bits per heavy atom. The number of amides is 2. The predicted octanol–water partition coefficient (Wildman–Crippen LogP) is 3.80. The Hall–Kier alpha value is -2.90. The largest absolute Gasteiger partial charge is 0.495 e. The molecule has 0 unspecified atom stereocenters. The van der Waals surface area contributed by atoms with Crippen molar-refractivity contribution in [3.8, 4) is 5.75 Å². The Kier molecular flexibility index (Phi) is 6.22. The number of ether oxygens (including phenoxy) is 1. The van der Waals surface area contributed by atoms with Crippen LogP contribution in [0.5, 0.6) is 5.75 Å². The maximum atomic E-state index is 13.6. The molecule has 8 heteroatoms. The summed E-state index contributed by atoms with van der Waals surface area (Å²) in [6.45, 7) is 1.82. The van der Waals surface area contributed by atoms with Gasteiger partial charge in [0.1, 0.15) is 17.3 Å². The zero-order valence-corrected chi connectivity index (χ0v) is 19.0. The average molecular weight is 458 g/mol. The molecule has 0 aliphatic carbocycles. The third-order valence-corrected chi connectivity index (χ3v) is 6.47. The Labute approximate surface area is 191 Å². The van der Waals surface area contributed by atoms with E-state index in [0.29, 0.717) is 27.7 Å². The van der Waals surface area contributed by atoms with E-state index >= 15 is 0 Å². The molecule has 0 N–H and O–H groups in total. The van der Waals surface area contributed by atoms with Crippen LogP contribution < -0.4 is 9.64 Å². The number of halogens is 2. The molecule has 0 aromatic heterocycles. The molecule has 0 bridgehead atoms. The lowest BCUT2D eigenvalue weighted by molar-refractivity contribution is -0.120. The average Bonchev–Trinajstić information content (AvgIpc) is 3.04. The highest BCUT2D eigenvalue weighted by Gasteiger charge is 2.43. The molecule has 32 heavy (non-hydrogen) atoms. The second-order valence-electron chi connectivity index (χ2n) is 8.14. The zero-order chi connectivity index (χ0) is 23.0. The van der Waals surface area contributed by atoms with E-state index in [-0.39, 0.29) is 11.6 Å². The number of likely N-dealkylation sites (N-methyl/N-ethyl adjacent to an activating group) is 1. The van der Waals surface area contributed by atoms with E-state index < -0.39 is 17.6 Å². The Morgan fingerprint density at radius 1 is 1.06 bits per heavy atom. The van der Waals surface area contributed by atoms with Gasteiger partial charge in [0.15, 0.2) is 0 Å². The topological polar surface area (TPSA) is 53.1 Å². The molecule has 0 atom stereocenters. The molecule has 2 aromatic rings. The number of piperidine rings is 1. The molecular weight excluding hydrogens is 433 g/mol. The maximum absolute atomic E-state index is 13.6. The van der Waals surface area contributed by atoms with E-state index in [1.165, 1.54) is 37.4 Å². The molecule has 0 saturated carbocycles. The number of methoxy groups -OCH3 is 1. The normalized spacial score (nSPS) is 18.0. The molecule has 2 heterocycles. The Balaban J connectivity index is 1.78. The molecule has 1 saturated heterocycles. The quantitative estimate of drug-likeness (QED) is 0.639. The number of carbonyl (C=O) groups excluding carboxylic acids is 2. The van der Waals surface area contributed by atoms with Crippen LogP contribution in [0.2, 0.25) is 5.02 Å². The number of rotatable bonds is 5. The van der Waals surface area contributed by atoms with Crippen molar-refractivity contribution in [2.24, 2.45) is 0 Å². The first-order chi connectivity index (χ1) is 15.3. The van der Waals surface area contributed by atoms with Gasteiger partial charge in [-0.05, 0) is 68.9 Å². The molecular formula is C24H25ClFN3O3. The standard InChI is InChI=1S/C24H25ClFN3O3/c1-27-12-10-17(11-13-27)28(2)22-21(15-4-6-16(26)7-5-15)23(30)29(24(22)31)18-8-9-20(32-3)19(25)14-18/h4-9,14,17H,10-13H2,1-3H3. The minimum absolute atomic E-state index is 0.118. The van der Waals surface area contributed by atoms with E-state index in [9.17, 15) is 14.0 Å². The fourth-order valence-corrected chi connectivity index (χ4v) is 4.57. The van der Waals surface area contributed by atoms with Gasteiger partial charge < -0.3 is 14.5 Å². The van der Waals surface area contributed by atoms with Crippen molar-refractivity contribution >= 4 is 34.7 Å². The number of benzene rings is 2. The second kappa shape index (κ2) is 8.92. The Bertz CT molecular complexity index is 1080. The summed E-state index contributed by atoms with van der Waals surface area (Å²) in [6.07, 6.45) is 1.76. The number of nitrogens with zero attached hydrogens (tertiary/aromatic N) is 3. The lowest BCUT2D eigenvalue weighted by Gasteiger charge is -2.36. The van der Waals surface area contributed by atoms with Crippen LogP contribution in [0.4, 0.5) is 10.1 Å². The monoisotopic (exact) mass is 457 g/mol. The van der Waals surface area contributed by atoms with Gasteiger partial charge in [0.05, 0.1) is 23.4 Å². The van der Waals surface area contributed by atoms with Gasteiger partial charge in [0, 0.05) is 13.1 Å². The Morgan fingerprint density at radius 3 is 2.31 bits per heavy atom. The van der Waals surface area contributed by atoms with E-state index in [0.717, 1.165) is 30.8 Å². The van der Waals surface area contributed by atoms with Gasteiger partial charge in [-0.15, -0.1) is 0 Å². The number of hydrogen-bond acceptors (Lipinski definition) is 5. The molecule has 2 aliphatic heterocycles. The summed E-state index contributed by atoms with van der Waals surface area (Å²) >= 11 is 6.26. The van der Waals surface area contributed by atoms with Crippen molar-refractivity contribution in [1.29, 1.82) is 0 Å². The van der Waals surface area contributed by atoms with Crippen LogP contribution in [-0.2, 0) is 9.59 Å². The number of likely N-dealkylation sites (tertiary alicyclic amines) is 1. The highest BCUT2D eigenvalue weighted by atomic mass is 35.5. The molecule has 6 nitrogen and oxygen atoms in total. The first-order valence-electron chi connectivity index (χ1n) is 10.5. The second-order valence-corrected chi connectivity index (χ2v) is 8.55.